The third-order valence-electron chi connectivity index (χ3n) is 3.32. The number of hydrogen-bond donors (Lipinski definition) is 0. The first kappa shape index (κ1) is 16.4. The van der Waals surface area contributed by atoms with Crippen molar-refractivity contribution in [2.45, 2.75) is 26.0 Å². The molecule has 118 valence electrons. The summed E-state index contributed by atoms with van der Waals surface area (Å²) in [5.74, 6) is -0.304. The van der Waals surface area contributed by atoms with Crippen LogP contribution < -0.4 is 0 Å². The number of nitrogens with zero attached hydrogens (tertiary/aromatic N) is 2. The molecule has 0 aliphatic rings. The molecule has 2 rings (SSSR count). The van der Waals surface area contributed by atoms with Gasteiger partial charge in [0.1, 0.15) is 11.1 Å². The van der Waals surface area contributed by atoms with Gasteiger partial charge >= 0.3 is 0 Å². The van der Waals surface area contributed by atoms with Crippen LogP contribution in [0.25, 0.3) is 11.4 Å². The monoisotopic (exact) mass is 324 g/mol. The van der Waals surface area contributed by atoms with Crippen molar-refractivity contribution in [2.24, 2.45) is 0 Å². The minimum Gasteiger partial charge on any atom is -0.338 e. The summed E-state index contributed by atoms with van der Waals surface area (Å²) >= 11 is 0. The van der Waals surface area contributed by atoms with E-state index in [1.807, 2.05) is 0 Å². The lowest BCUT2D eigenvalue weighted by atomic mass is 10.1. The average molecular weight is 324 g/mol. The summed E-state index contributed by atoms with van der Waals surface area (Å²) in [6, 6.07) is 4.56. The van der Waals surface area contributed by atoms with Crippen molar-refractivity contribution in [3.8, 4) is 11.4 Å². The lowest BCUT2D eigenvalue weighted by Gasteiger charge is -2.05. The van der Waals surface area contributed by atoms with E-state index >= 15 is 0 Å². The van der Waals surface area contributed by atoms with Gasteiger partial charge in [0.25, 0.3) is 0 Å². The van der Waals surface area contributed by atoms with Crippen molar-refractivity contribution in [2.75, 3.05) is 5.75 Å². The smallest absolute Gasteiger partial charge is 0.245 e. The molecular formula is C15H17FN2O3S. The minimum atomic E-state index is -3.42. The quantitative estimate of drug-likeness (QED) is 0.789. The predicted octanol–water partition coefficient (Wildman–Crippen LogP) is 3.24. The molecule has 2 aromatic rings. The maximum atomic E-state index is 13.6. The highest BCUT2D eigenvalue weighted by atomic mass is 32.2. The lowest BCUT2D eigenvalue weighted by Crippen LogP contribution is -2.13. The fraction of sp³-hybridized carbons (Fsp3) is 0.333. The van der Waals surface area contributed by atoms with Gasteiger partial charge in [-0.15, -0.1) is 0 Å². The highest BCUT2D eigenvalue weighted by molar-refractivity contribution is 7.91. The van der Waals surface area contributed by atoms with Gasteiger partial charge in [0.2, 0.25) is 11.7 Å². The fourth-order valence-electron chi connectivity index (χ4n) is 1.78. The molecule has 0 spiro atoms. The Morgan fingerprint density at radius 3 is 2.77 bits per heavy atom. The Bertz CT molecular complexity index is 797. The molecule has 1 heterocycles. The summed E-state index contributed by atoms with van der Waals surface area (Å²) in [4.78, 5) is 4.08. The molecular weight excluding hydrogens is 307 g/mol. The van der Waals surface area contributed by atoms with Gasteiger partial charge in [-0.25, -0.2) is 12.8 Å². The van der Waals surface area contributed by atoms with E-state index in [0.717, 1.165) is 0 Å². The number of sulfone groups is 1. The average Bonchev–Trinajstić information content (AvgIpc) is 2.97. The molecule has 0 radical (unpaired) electrons. The first-order valence-corrected chi connectivity index (χ1v) is 8.49. The number of halogens is 1. The van der Waals surface area contributed by atoms with E-state index in [1.54, 1.807) is 38.1 Å². The first-order valence-electron chi connectivity index (χ1n) is 6.78. The molecule has 22 heavy (non-hydrogen) atoms. The second-order valence-electron chi connectivity index (χ2n) is 4.96. The van der Waals surface area contributed by atoms with Gasteiger partial charge in [-0.05, 0) is 32.4 Å². The van der Waals surface area contributed by atoms with Gasteiger partial charge in [0.05, 0.1) is 5.75 Å². The van der Waals surface area contributed by atoms with Crippen molar-refractivity contribution in [3.05, 3.63) is 47.6 Å². The molecule has 1 atom stereocenters. The molecule has 1 aromatic carbocycles. The van der Waals surface area contributed by atoms with Crippen LogP contribution in [-0.2, 0) is 9.84 Å². The topological polar surface area (TPSA) is 73.1 Å². The van der Waals surface area contributed by atoms with Crippen LogP contribution in [0.15, 0.2) is 34.9 Å². The van der Waals surface area contributed by atoms with Gasteiger partial charge in [-0.1, -0.05) is 29.4 Å². The van der Waals surface area contributed by atoms with Crippen LogP contribution in [0.5, 0.6) is 0 Å². The SMILES string of the molecule is CC=CCS(=O)(=O)C(C)c1nc(-c2ccc(C)c(F)c2)no1. The summed E-state index contributed by atoms with van der Waals surface area (Å²) in [6.45, 7) is 4.89. The van der Waals surface area contributed by atoms with Gasteiger partial charge in [-0.2, -0.15) is 4.98 Å². The fourth-order valence-corrected chi connectivity index (χ4v) is 2.93. The molecule has 0 saturated carbocycles. The van der Waals surface area contributed by atoms with Crippen LogP contribution in [0.4, 0.5) is 4.39 Å². The summed E-state index contributed by atoms with van der Waals surface area (Å²) in [6.07, 6.45) is 3.22. The largest absolute Gasteiger partial charge is 0.338 e. The second-order valence-corrected chi connectivity index (χ2v) is 7.33. The van der Waals surface area contributed by atoms with E-state index in [0.29, 0.717) is 11.1 Å². The lowest BCUT2D eigenvalue weighted by molar-refractivity contribution is 0.377. The number of hydrogen-bond acceptors (Lipinski definition) is 5. The molecule has 0 bridgehead atoms. The highest BCUT2D eigenvalue weighted by Crippen LogP contribution is 2.25. The molecule has 1 unspecified atom stereocenters. The van der Waals surface area contributed by atoms with Crippen LogP contribution in [0.2, 0.25) is 0 Å². The summed E-state index contributed by atoms with van der Waals surface area (Å²) < 4.78 is 42.8. The Kier molecular flexibility index (Phi) is 4.75. The van der Waals surface area contributed by atoms with Crippen LogP contribution >= 0.6 is 0 Å². The zero-order chi connectivity index (χ0) is 16.3. The second kappa shape index (κ2) is 6.39. The van der Waals surface area contributed by atoms with Crippen LogP contribution in [0.3, 0.4) is 0 Å². The van der Waals surface area contributed by atoms with Crippen molar-refractivity contribution in [1.82, 2.24) is 10.1 Å². The van der Waals surface area contributed by atoms with E-state index < -0.39 is 15.1 Å². The van der Waals surface area contributed by atoms with Crippen molar-refractivity contribution < 1.29 is 17.3 Å². The third kappa shape index (κ3) is 3.41. The number of aromatic nitrogens is 2. The molecule has 0 aliphatic carbocycles. The Morgan fingerprint density at radius 2 is 2.14 bits per heavy atom. The molecule has 0 aliphatic heterocycles. The molecule has 0 amide bonds. The van der Waals surface area contributed by atoms with Gasteiger partial charge in [-0.3, -0.25) is 0 Å². The standard InChI is InChI=1S/C15H17FN2O3S/c1-4-5-8-22(19,20)11(3)15-17-14(18-21-15)12-7-6-10(2)13(16)9-12/h4-7,9,11H,8H2,1-3H3. The van der Waals surface area contributed by atoms with E-state index in [9.17, 15) is 12.8 Å². The maximum absolute atomic E-state index is 13.6. The van der Waals surface area contributed by atoms with Crippen molar-refractivity contribution >= 4 is 9.84 Å². The number of allylic oxidation sites excluding steroid dienone is 1. The molecule has 0 saturated heterocycles. The number of benzene rings is 1. The van der Waals surface area contributed by atoms with E-state index in [2.05, 4.69) is 10.1 Å². The Balaban J connectivity index is 2.29. The Hall–Kier alpha value is -2.02. The maximum Gasteiger partial charge on any atom is 0.245 e. The van der Waals surface area contributed by atoms with E-state index in [1.165, 1.54) is 13.0 Å². The summed E-state index contributed by atoms with van der Waals surface area (Å²) in [5, 5.41) is 2.82. The minimum absolute atomic E-state index is 0.000450. The van der Waals surface area contributed by atoms with Crippen molar-refractivity contribution in [3.63, 3.8) is 0 Å². The molecule has 1 aromatic heterocycles. The molecule has 5 nitrogen and oxygen atoms in total. The zero-order valence-corrected chi connectivity index (χ0v) is 13.4. The van der Waals surface area contributed by atoms with Crippen LogP contribution in [0, 0.1) is 12.7 Å². The summed E-state index contributed by atoms with van der Waals surface area (Å²) in [7, 11) is -3.42. The molecule has 0 N–H and O–H groups in total. The summed E-state index contributed by atoms with van der Waals surface area (Å²) in [5.41, 5.74) is 0.950. The Morgan fingerprint density at radius 1 is 1.41 bits per heavy atom. The van der Waals surface area contributed by atoms with E-state index in [-0.39, 0.29) is 23.3 Å². The van der Waals surface area contributed by atoms with Gasteiger partial charge in [0.15, 0.2) is 9.84 Å². The molecule has 7 heteroatoms. The van der Waals surface area contributed by atoms with Gasteiger partial charge in [0, 0.05) is 5.56 Å². The number of aryl methyl sites for hydroxylation is 1. The van der Waals surface area contributed by atoms with Crippen LogP contribution in [-0.4, -0.2) is 24.3 Å². The third-order valence-corrected chi connectivity index (χ3v) is 5.26. The normalized spacial score (nSPS) is 13.6. The first-order chi connectivity index (χ1) is 10.3. The zero-order valence-electron chi connectivity index (χ0n) is 12.6. The molecule has 0 fully saturated rings. The van der Waals surface area contributed by atoms with Crippen LogP contribution in [0.1, 0.15) is 30.6 Å². The van der Waals surface area contributed by atoms with E-state index in [4.69, 9.17) is 4.52 Å². The Labute approximate surface area is 128 Å². The predicted molar refractivity (Wildman–Crippen MR) is 81.4 cm³/mol. The number of rotatable bonds is 5. The van der Waals surface area contributed by atoms with Crippen molar-refractivity contribution in [1.29, 1.82) is 0 Å². The van der Waals surface area contributed by atoms with Gasteiger partial charge < -0.3 is 4.52 Å². The highest BCUT2D eigenvalue weighted by Gasteiger charge is 2.27.